The first-order valence-corrected chi connectivity index (χ1v) is 16.4. The van der Waals surface area contributed by atoms with Gasteiger partial charge in [0.1, 0.15) is 0 Å². The van der Waals surface area contributed by atoms with Gasteiger partial charge in [0, 0.05) is 6.21 Å². The van der Waals surface area contributed by atoms with Crippen LogP contribution in [0.2, 0.25) is 0 Å². The lowest BCUT2D eigenvalue weighted by atomic mass is 9.85. The standard InChI is InChI=1S/C43H35N.C2H6/c1-30(27-28-44-31(2)32-13-5-3-4-6-14-32)36-15-7-8-16-37(36)34-23-21-33(22-24-34)35-25-26-42-40-19-10-9-17-38(40)39-18-11-12-20-41(39)43(42)29-35;1-2/h3,5-11,13-19,21-29H,2,4,12,20H2,1H3;1-2H3/b30-27+,44-28?;. The fourth-order valence-corrected chi connectivity index (χ4v) is 6.45. The number of rotatable bonds is 6. The van der Waals surface area contributed by atoms with Crippen LogP contribution in [0.1, 0.15) is 50.3 Å². The molecule has 1 nitrogen and oxygen atoms in total. The zero-order valence-corrected chi connectivity index (χ0v) is 27.1. The van der Waals surface area contributed by atoms with Crippen molar-refractivity contribution in [2.24, 2.45) is 4.99 Å². The Bertz CT molecular complexity index is 2090. The van der Waals surface area contributed by atoms with Gasteiger partial charge in [0.25, 0.3) is 0 Å². The van der Waals surface area contributed by atoms with Crippen LogP contribution >= 0.6 is 0 Å². The molecular weight excluding hydrogens is 555 g/mol. The van der Waals surface area contributed by atoms with E-state index in [1.807, 2.05) is 20.1 Å². The summed E-state index contributed by atoms with van der Waals surface area (Å²) in [5.41, 5.74) is 11.9. The molecule has 0 bridgehead atoms. The molecule has 0 aliphatic heterocycles. The molecule has 0 aromatic heterocycles. The highest BCUT2D eigenvalue weighted by atomic mass is 14.7. The fraction of sp³-hybridized carbons (Fsp3) is 0.133. The maximum atomic E-state index is 4.61. The number of nitrogens with zero attached hydrogens (tertiary/aromatic N) is 1. The molecule has 7 rings (SSSR count). The molecule has 0 N–H and O–H groups in total. The molecule has 0 fully saturated rings. The van der Waals surface area contributed by atoms with Gasteiger partial charge in [-0.2, -0.15) is 0 Å². The number of aliphatic imine (C=N–C) groups is 1. The highest BCUT2D eigenvalue weighted by Gasteiger charge is 2.15. The lowest BCUT2D eigenvalue weighted by Gasteiger charge is -2.18. The van der Waals surface area contributed by atoms with Gasteiger partial charge >= 0.3 is 0 Å². The number of fused-ring (bicyclic) bond motifs is 6. The Morgan fingerprint density at radius 3 is 2.28 bits per heavy atom. The van der Waals surface area contributed by atoms with E-state index >= 15 is 0 Å². The summed E-state index contributed by atoms with van der Waals surface area (Å²) in [5.74, 6) is 0. The summed E-state index contributed by atoms with van der Waals surface area (Å²) in [6.07, 6.45) is 22.1. The molecule has 0 atom stereocenters. The van der Waals surface area contributed by atoms with Crippen LogP contribution in [0.4, 0.5) is 0 Å². The number of allylic oxidation sites excluding steroid dienone is 8. The summed E-state index contributed by atoms with van der Waals surface area (Å²) in [6.45, 7) is 10.3. The minimum atomic E-state index is 0.763. The molecule has 0 spiro atoms. The fourth-order valence-electron chi connectivity index (χ4n) is 6.45. The van der Waals surface area contributed by atoms with Crippen molar-refractivity contribution in [1.29, 1.82) is 0 Å². The molecule has 2 aliphatic carbocycles. The predicted molar refractivity (Wildman–Crippen MR) is 203 cm³/mol. The topological polar surface area (TPSA) is 12.4 Å². The Balaban J connectivity index is 0.00000182. The van der Waals surface area contributed by atoms with Gasteiger partial charge in [0.2, 0.25) is 0 Å². The van der Waals surface area contributed by atoms with E-state index in [1.54, 1.807) is 0 Å². The average molecular weight is 596 g/mol. The molecule has 0 unspecified atom stereocenters. The molecule has 5 aromatic rings. The number of aryl methyl sites for hydroxylation is 1. The van der Waals surface area contributed by atoms with Crippen LogP contribution in [-0.2, 0) is 6.42 Å². The molecule has 0 radical (unpaired) electrons. The van der Waals surface area contributed by atoms with Crippen LogP contribution in [0.3, 0.4) is 0 Å². The normalized spacial score (nSPS) is 14.2. The molecule has 2 aliphatic rings. The van der Waals surface area contributed by atoms with E-state index < -0.39 is 0 Å². The number of hydrogen-bond acceptors (Lipinski definition) is 1. The summed E-state index contributed by atoms with van der Waals surface area (Å²) in [5, 5.41) is 5.41. The lowest BCUT2D eigenvalue weighted by molar-refractivity contribution is 1.00. The van der Waals surface area contributed by atoms with Crippen LogP contribution in [-0.4, -0.2) is 6.21 Å². The zero-order valence-electron chi connectivity index (χ0n) is 27.1. The second-order valence-electron chi connectivity index (χ2n) is 11.5. The summed E-state index contributed by atoms with van der Waals surface area (Å²) in [4.78, 5) is 4.61. The largest absolute Gasteiger partial charge is 0.257 e. The van der Waals surface area contributed by atoms with Gasteiger partial charge in [-0.15, -0.1) is 0 Å². The van der Waals surface area contributed by atoms with Crippen molar-refractivity contribution in [3.05, 3.63) is 168 Å². The summed E-state index contributed by atoms with van der Waals surface area (Å²) in [6, 6.07) is 33.4. The second-order valence-corrected chi connectivity index (χ2v) is 11.5. The van der Waals surface area contributed by atoms with E-state index in [4.69, 9.17) is 0 Å². The summed E-state index contributed by atoms with van der Waals surface area (Å²) in [7, 11) is 0. The molecule has 46 heavy (non-hydrogen) atoms. The Labute approximate surface area is 274 Å². The maximum absolute atomic E-state index is 4.61. The molecule has 5 aromatic carbocycles. The quantitative estimate of drug-likeness (QED) is 0.137. The van der Waals surface area contributed by atoms with Crippen LogP contribution in [0.25, 0.3) is 55.4 Å². The van der Waals surface area contributed by atoms with Crippen LogP contribution in [0.5, 0.6) is 0 Å². The van der Waals surface area contributed by atoms with Crippen molar-refractivity contribution in [2.75, 3.05) is 0 Å². The Morgan fingerprint density at radius 1 is 0.717 bits per heavy atom. The third-order valence-corrected chi connectivity index (χ3v) is 8.77. The van der Waals surface area contributed by atoms with E-state index in [1.165, 1.54) is 60.5 Å². The molecular formula is C45H41N. The van der Waals surface area contributed by atoms with Gasteiger partial charge in [-0.1, -0.05) is 148 Å². The van der Waals surface area contributed by atoms with Crippen molar-refractivity contribution < 1.29 is 0 Å². The van der Waals surface area contributed by atoms with E-state index in [0.29, 0.717) is 0 Å². The first-order chi connectivity index (χ1) is 22.7. The highest BCUT2D eigenvalue weighted by molar-refractivity contribution is 6.13. The Morgan fingerprint density at radius 2 is 1.43 bits per heavy atom. The van der Waals surface area contributed by atoms with E-state index in [-0.39, 0.29) is 0 Å². The first kappa shape index (κ1) is 30.7. The van der Waals surface area contributed by atoms with Crippen molar-refractivity contribution in [1.82, 2.24) is 0 Å². The van der Waals surface area contributed by atoms with Gasteiger partial charge in [0.05, 0.1) is 5.70 Å². The number of hydrogen-bond donors (Lipinski definition) is 0. The van der Waals surface area contributed by atoms with Gasteiger partial charge in [0.15, 0.2) is 0 Å². The molecule has 226 valence electrons. The van der Waals surface area contributed by atoms with Crippen LogP contribution in [0, 0.1) is 0 Å². The Kier molecular flexibility index (Phi) is 9.51. The molecule has 0 amide bonds. The summed E-state index contributed by atoms with van der Waals surface area (Å²) < 4.78 is 0. The maximum Gasteiger partial charge on any atom is 0.0630 e. The van der Waals surface area contributed by atoms with Crippen molar-refractivity contribution >= 4 is 39.4 Å². The predicted octanol–water partition coefficient (Wildman–Crippen LogP) is 12.7. The van der Waals surface area contributed by atoms with E-state index in [2.05, 4.69) is 158 Å². The molecule has 0 saturated heterocycles. The van der Waals surface area contributed by atoms with Crippen molar-refractivity contribution in [3.8, 4) is 22.3 Å². The molecule has 0 saturated carbocycles. The average Bonchev–Trinajstić information content (AvgIpc) is 3.42. The second kappa shape index (κ2) is 14.2. The van der Waals surface area contributed by atoms with E-state index in [9.17, 15) is 0 Å². The van der Waals surface area contributed by atoms with Crippen LogP contribution < -0.4 is 0 Å². The van der Waals surface area contributed by atoms with Gasteiger partial charge < -0.3 is 0 Å². The SMILES string of the molecule is C=C(N=C/C=C(\C)c1ccccc1-c1ccc(-c2ccc3c(c2)c2c(c4ccccc43)C=CCC2)cc1)C1=CC=CCC=C1.CC. The smallest absolute Gasteiger partial charge is 0.0630 e. The van der Waals surface area contributed by atoms with Crippen molar-refractivity contribution in [3.63, 3.8) is 0 Å². The minimum absolute atomic E-state index is 0.763. The van der Waals surface area contributed by atoms with Crippen molar-refractivity contribution in [2.45, 2.75) is 40.0 Å². The monoisotopic (exact) mass is 595 g/mol. The minimum Gasteiger partial charge on any atom is -0.257 e. The first-order valence-electron chi connectivity index (χ1n) is 16.4. The highest BCUT2D eigenvalue weighted by Crippen LogP contribution is 2.39. The van der Waals surface area contributed by atoms with Gasteiger partial charge in [-0.25, -0.2) is 0 Å². The van der Waals surface area contributed by atoms with E-state index in [0.717, 1.165) is 36.1 Å². The third kappa shape index (κ3) is 6.28. The Hall–Kier alpha value is -5.27. The van der Waals surface area contributed by atoms with Crippen LogP contribution in [0.15, 0.2) is 156 Å². The van der Waals surface area contributed by atoms with Gasteiger partial charge in [-0.3, -0.25) is 4.99 Å². The summed E-state index contributed by atoms with van der Waals surface area (Å²) >= 11 is 0. The zero-order chi connectivity index (χ0) is 31.9. The molecule has 0 heterocycles. The van der Waals surface area contributed by atoms with Gasteiger partial charge in [-0.05, 0) is 110 Å². The molecule has 1 heteroatoms. The number of benzene rings is 5. The third-order valence-electron chi connectivity index (χ3n) is 8.77. The lowest BCUT2D eigenvalue weighted by Crippen LogP contribution is -1.98.